The Kier molecular flexibility index (Phi) is 7.17. The van der Waals surface area contributed by atoms with Crippen LogP contribution in [0.25, 0.3) is 0 Å². The predicted octanol–water partition coefficient (Wildman–Crippen LogP) is 3.65. The van der Waals surface area contributed by atoms with Crippen molar-refractivity contribution in [1.29, 1.82) is 0 Å². The molecule has 1 unspecified atom stereocenters. The van der Waals surface area contributed by atoms with E-state index in [-0.39, 0.29) is 29.6 Å². The monoisotopic (exact) mass is 383 g/mol. The van der Waals surface area contributed by atoms with Gasteiger partial charge in [0, 0.05) is 18.7 Å². The predicted molar refractivity (Wildman–Crippen MR) is 104 cm³/mol. The van der Waals surface area contributed by atoms with Crippen molar-refractivity contribution in [3.05, 3.63) is 0 Å². The Morgan fingerprint density at radius 3 is 2.35 bits per heavy atom. The Morgan fingerprint density at radius 1 is 1.19 bits per heavy atom. The summed E-state index contributed by atoms with van der Waals surface area (Å²) in [5, 5.41) is 0.468. The summed E-state index contributed by atoms with van der Waals surface area (Å²) in [6.07, 6.45) is 3.65. The molecule has 0 aromatic heterocycles. The van der Waals surface area contributed by atoms with E-state index in [0.29, 0.717) is 24.1 Å². The molecule has 0 aromatic carbocycles. The van der Waals surface area contributed by atoms with Crippen LogP contribution < -0.4 is 0 Å². The highest BCUT2D eigenvalue weighted by molar-refractivity contribution is 7.99. The second kappa shape index (κ2) is 8.77. The summed E-state index contributed by atoms with van der Waals surface area (Å²) in [4.78, 5) is 38.5. The number of hydrogen-bond donors (Lipinski definition) is 0. The molecular weight excluding hydrogens is 350 g/mol. The van der Waals surface area contributed by atoms with Crippen molar-refractivity contribution in [2.24, 2.45) is 17.8 Å². The van der Waals surface area contributed by atoms with Crippen LogP contribution in [0.15, 0.2) is 0 Å². The SMILES string of the molecule is CC(C)SCC1CC(=O)N(CC2CCC(C(=O)OC(C)(C)C)CC2)C1=O. The van der Waals surface area contributed by atoms with Gasteiger partial charge in [-0.3, -0.25) is 19.3 Å². The zero-order valence-corrected chi connectivity index (χ0v) is 17.6. The van der Waals surface area contributed by atoms with Gasteiger partial charge in [0.15, 0.2) is 0 Å². The van der Waals surface area contributed by atoms with Crippen LogP contribution in [0, 0.1) is 17.8 Å². The fraction of sp³-hybridized carbons (Fsp3) is 0.850. The van der Waals surface area contributed by atoms with Crippen molar-refractivity contribution in [2.75, 3.05) is 12.3 Å². The largest absolute Gasteiger partial charge is 0.460 e. The normalized spacial score (nSPS) is 27.3. The van der Waals surface area contributed by atoms with Crippen LogP contribution >= 0.6 is 11.8 Å². The van der Waals surface area contributed by atoms with E-state index < -0.39 is 5.60 Å². The van der Waals surface area contributed by atoms with Crippen LogP contribution in [-0.2, 0) is 19.1 Å². The van der Waals surface area contributed by atoms with E-state index in [9.17, 15) is 14.4 Å². The van der Waals surface area contributed by atoms with E-state index in [2.05, 4.69) is 13.8 Å². The molecule has 148 valence electrons. The average molecular weight is 384 g/mol. The summed E-state index contributed by atoms with van der Waals surface area (Å²) in [5.41, 5.74) is -0.453. The second-order valence-electron chi connectivity index (χ2n) is 8.88. The molecule has 26 heavy (non-hydrogen) atoms. The summed E-state index contributed by atoms with van der Waals surface area (Å²) in [5.74, 6) is 0.673. The van der Waals surface area contributed by atoms with Gasteiger partial charge < -0.3 is 4.74 Å². The number of hydrogen-bond acceptors (Lipinski definition) is 5. The van der Waals surface area contributed by atoms with Crippen molar-refractivity contribution in [3.8, 4) is 0 Å². The number of thioether (sulfide) groups is 1. The van der Waals surface area contributed by atoms with Gasteiger partial charge in [-0.15, -0.1) is 0 Å². The molecule has 0 bridgehead atoms. The van der Waals surface area contributed by atoms with Gasteiger partial charge >= 0.3 is 5.97 Å². The van der Waals surface area contributed by atoms with Crippen molar-refractivity contribution in [1.82, 2.24) is 4.90 Å². The molecule has 1 heterocycles. The topological polar surface area (TPSA) is 63.7 Å². The third kappa shape index (κ3) is 6.00. The molecule has 6 heteroatoms. The van der Waals surface area contributed by atoms with Gasteiger partial charge in [0.25, 0.3) is 0 Å². The first-order valence-corrected chi connectivity index (χ1v) is 10.8. The number of imide groups is 1. The number of nitrogens with zero attached hydrogens (tertiary/aromatic N) is 1. The number of rotatable bonds is 6. The van der Waals surface area contributed by atoms with Crippen LogP contribution in [0.4, 0.5) is 0 Å². The molecule has 0 spiro atoms. The Morgan fingerprint density at radius 2 is 1.81 bits per heavy atom. The highest BCUT2D eigenvalue weighted by Crippen LogP contribution is 2.33. The minimum absolute atomic E-state index is 0.00239. The lowest BCUT2D eigenvalue weighted by molar-refractivity contribution is -0.161. The maximum atomic E-state index is 12.5. The highest BCUT2D eigenvalue weighted by atomic mass is 32.2. The van der Waals surface area contributed by atoms with Gasteiger partial charge in [-0.2, -0.15) is 11.8 Å². The van der Waals surface area contributed by atoms with Crippen molar-refractivity contribution >= 4 is 29.5 Å². The first-order chi connectivity index (χ1) is 12.1. The molecule has 0 N–H and O–H groups in total. The zero-order valence-electron chi connectivity index (χ0n) is 16.7. The third-order valence-electron chi connectivity index (χ3n) is 5.00. The average Bonchev–Trinajstić information content (AvgIpc) is 2.79. The number of carbonyl (C=O) groups is 3. The number of likely N-dealkylation sites (tertiary alicyclic amines) is 1. The number of carbonyl (C=O) groups excluding carboxylic acids is 3. The molecule has 0 aromatic rings. The van der Waals surface area contributed by atoms with E-state index in [1.165, 1.54) is 4.90 Å². The zero-order chi connectivity index (χ0) is 19.5. The Labute approximate surface area is 161 Å². The van der Waals surface area contributed by atoms with Crippen molar-refractivity contribution in [2.45, 2.75) is 77.6 Å². The maximum absolute atomic E-state index is 12.5. The van der Waals surface area contributed by atoms with Gasteiger partial charge in [-0.25, -0.2) is 0 Å². The summed E-state index contributed by atoms with van der Waals surface area (Å²) in [6, 6.07) is 0. The lowest BCUT2D eigenvalue weighted by Gasteiger charge is -2.31. The molecule has 1 atom stereocenters. The van der Waals surface area contributed by atoms with Crippen LogP contribution in [0.3, 0.4) is 0 Å². The standard InChI is InChI=1S/C20H33NO4S/c1-13(2)26-12-16-10-17(22)21(18(16)23)11-14-6-8-15(9-7-14)19(24)25-20(3,4)5/h13-16H,6-12H2,1-5H3. The minimum Gasteiger partial charge on any atom is -0.460 e. The second-order valence-corrected chi connectivity index (χ2v) is 10.5. The van der Waals surface area contributed by atoms with Gasteiger partial charge in [-0.1, -0.05) is 13.8 Å². The third-order valence-corrected chi connectivity index (χ3v) is 6.26. The first kappa shape index (κ1) is 21.3. The van der Waals surface area contributed by atoms with Crippen LogP contribution in [0.2, 0.25) is 0 Å². The van der Waals surface area contributed by atoms with Crippen LogP contribution in [-0.4, -0.2) is 45.8 Å². The molecule has 5 nitrogen and oxygen atoms in total. The maximum Gasteiger partial charge on any atom is 0.309 e. The van der Waals surface area contributed by atoms with Gasteiger partial charge in [-0.05, 0) is 57.6 Å². The van der Waals surface area contributed by atoms with Gasteiger partial charge in [0.2, 0.25) is 11.8 Å². The van der Waals surface area contributed by atoms with E-state index in [1.807, 2.05) is 20.8 Å². The Hall–Kier alpha value is -1.04. The molecule has 2 aliphatic rings. The number of amides is 2. The smallest absolute Gasteiger partial charge is 0.309 e. The van der Waals surface area contributed by atoms with Crippen molar-refractivity contribution < 1.29 is 19.1 Å². The van der Waals surface area contributed by atoms with Crippen LogP contribution in [0.5, 0.6) is 0 Å². The molecule has 2 amide bonds. The van der Waals surface area contributed by atoms with Crippen LogP contribution in [0.1, 0.15) is 66.7 Å². The van der Waals surface area contributed by atoms with E-state index in [4.69, 9.17) is 4.74 Å². The van der Waals surface area contributed by atoms with Gasteiger partial charge in [0.05, 0.1) is 11.8 Å². The summed E-state index contributed by atoms with van der Waals surface area (Å²) in [6.45, 7) is 10.4. The summed E-state index contributed by atoms with van der Waals surface area (Å²) < 4.78 is 5.48. The fourth-order valence-electron chi connectivity index (χ4n) is 3.61. The fourth-order valence-corrected chi connectivity index (χ4v) is 4.48. The molecular formula is C20H33NO4S. The van der Waals surface area contributed by atoms with Crippen molar-refractivity contribution in [3.63, 3.8) is 0 Å². The lowest BCUT2D eigenvalue weighted by atomic mass is 9.81. The lowest BCUT2D eigenvalue weighted by Crippen LogP contribution is -2.38. The molecule has 2 rings (SSSR count). The molecule has 2 fully saturated rings. The van der Waals surface area contributed by atoms with E-state index >= 15 is 0 Å². The Balaban J connectivity index is 1.81. The minimum atomic E-state index is -0.453. The quantitative estimate of drug-likeness (QED) is 0.517. The summed E-state index contributed by atoms with van der Waals surface area (Å²) in [7, 11) is 0. The number of esters is 1. The first-order valence-electron chi connectivity index (χ1n) is 9.75. The molecule has 1 aliphatic carbocycles. The highest BCUT2D eigenvalue weighted by Gasteiger charge is 2.40. The van der Waals surface area contributed by atoms with E-state index in [0.717, 1.165) is 31.4 Å². The summed E-state index contributed by atoms with van der Waals surface area (Å²) >= 11 is 1.74. The molecule has 1 aliphatic heterocycles. The van der Waals surface area contributed by atoms with Gasteiger partial charge in [0.1, 0.15) is 5.60 Å². The molecule has 1 saturated carbocycles. The Bertz CT molecular complexity index is 532. The molecule has 1 saturated heterocycles. The number of ether oxygens (including phenoxy) is 1. The van der Waals surface area contributed by atoms with E-state index in [1.54, 1.807) is 11.8 Å². The molecule has 0 radical (unpaired) electrons.